The van der Waals surface area contributed by atoms with E-state index in [2.05, 4.69) is 4.98 Å². The van der Waals surface area contributed by atoms with E-state index in [1.54, 1.807) is 0 Å². The predicted molar refractivity (Wildman–Crippen MR) is 116 cm³/mol. The highest BCUT2D eigenvalue weighted by Gasteiger charge is 2.19. The van der Waals surface area contributed by atoms with Crippen molar-refractivity contribution >= 4 is 27.5 Å². The lowest BCUT2D eigenvalue weighted by atomic mass is 10.0. The molecular weight excluding hydrogens is 398 g/mol. The molecule has 0 atom stereocenters. The molecule has 1 aliphatic rings. The number of hydrogen-bond donors (Lipinski definition) is 0. The molecule has 0 amide bonds. The number of ether oxygens (including phenoxy) is 1. The molecule has 0 unspecified atom stereocenters. The highest BCUT2D eigenvalue weighted by Crippen LogP contribution is 2.31. The van der Waals surface area contributed by atoms with Crippen LogP contribution in [0.3, 0.4) is 0 Å². The van der Waals surface area contributed by atoms with E-state index in [4.69, 9.17) is 4.74 Å². The standard InChI is InChI=1S/C23H23N3O3S/c24-12-13-26-19(14-29-20(27)11-10-16-6-4-5-7-16)25-22-21(23(26)28)18(15-30-22)17-8-2-1-3-9-17/h1-3,8-9,15-16H,4-7,10-11,13-14H2. The molecule has 0 spiro atoms. The third kappa shape index (κ3) is 4.29. The minimum atomic E-state index is -0.282. The number of nitrogens with zero attached hydrogens (tertiary/aromatic N) is 3. The maximum absolute atomic E-state index is 13.2. The number of rotatable bonds is 7. The average Bonchev–Trinajstić information content (AvgIpc) is 3.43. The van der Waals surface area contributed by atoms with Gasteiger partial charge < -0.3 is 4.74 Å². The van der Waals surface area contributed by atoms with Gasteiger partial charge in [0.05, 0.1) is 11.5 Å². The molecule has 2 aromatic heterocycles. The Kier molecular flexibility index (Phi) is 6.24. The molecule has 6 nitrogen and oxygen atoms in total. The Balaban J connectivity index is 1.57. The number of carbonyl (C=O) groups excluding carboxylic acids is 1. The molecule has 0 aliphatic heterocycles. The molecule has 1 fully saturated rings. The molecule has 3 aromatic rings. The number of esters is 1. The second kappa shape index (κ2) is 9.23. The normalized spacial score (nSPS) is 14.1. The molecule has 154 valence electrons. The van der Waals surface area contributed by atoms with Crippen LogP contribution in [0.5, 0.6) is 0 Å². The van der Waals surface area contributed by atoms with Gasteiger partial charge in [-0.15, -0.1) is 11.3 Å². The lowest BCUT2D eigenvalue weighted by Crippen LogP contribution is -2.26. The van der Waals surface area contributed by atoms with Gasteiger partial charge in [-0.1, -0.05) is 56.0 Å². The number of benzene rings is 1. The number of fused-ring (bicyclic) bond motifs is 1. The quantitative estimate of drug-likeness (QED) is 0.518. The summed E-state index contributed by atoms with van der Waals surface area (Å²) in [6.45, 7) is -0.240. The Hall–Kier alpha value is -2.98. The summed E-state index contributed by atoms with van der Waals surface area (Å²) in [5, 5.41) is 11.6. The second-order valence-electron chi connectivity index (χ2n) is 7.62. The number of aromatic nitrogens is 2. The van der Waals surface area contributed by atoms with Crippen LogP contribution < -0.4 is 5.56 Å². The van der Waals surface area contributed by atoms with Gasteiger partial charge in [-0.05, 0) is 17.9 Å². The first-order valence-corrected chi connectivity index (χ1v) is 11.1. The highest BCUT2D eigenvalue weighted by molar-refractivity contribution is 7.17. The first kappa shape index (κ1) is 20.3. The van der Waals surface area contributed by atoms with Gasteiger partial charge in [0.15, 0.2) is 5.82 Å². The van der Waals surface area contributed by atoms with Gasteiger partial charge in [0, 0.05) is 17.4 Å². The van der Waals surface area contributed by atoms with Crippen molar-refractivity contribution in [1.82, 2.24) is 9.55 Å². The molecule has 4 rings (SSSR count). The number of carbonyl (C=O) groups is 1. The Labute approximate surface area is 178 Å². The smallest absolute Gasteiger partial charge is 0.306 e. The van der Waals surface area contributed by atoms with Crippen LogP contribution >= 0.6 is 11.3 Å². The largest absolute Gasteiger partial charge is 0.458 e. The first-order chi connectivity index (χ1) is 14.7. The van der Waals surface area contributed by atoms with Gasteiger partial charge in [-0.2, -0.15) is 5.26 Å². The number of nitriles is 1. The number of hydrogen-bond acceptors (Lipinski definition) is 6. The third-order valence-electron chi connectivity index (χ3n) is 5.68. The summed E-state index contributed by atoms with van der Waals surface area (Å²) in [6, 6.07) is 11.6. The molecule has 0 bridgehead atoms. The summed E-state index contributed by atoms with van der Waals surface area (Å²) in [4.78, 5) is 30.5. The Morgan fingerprint density at radius 1 is 1.27 bits per heavy atom. The monoisotopic (exact) mass is 421 g/mol. The Morgan fingerprint density at radius 3 is 2.77 bits per heavy atom. The molecule has 7 heteroatoms. The molecule has 0 radical (unpaired) electrons. The van der Waals surface area contributed by atoms with Gasteiger partial charge >= 0.3 is 5.97 Å². The summed E-state index contributed by atoms with van der Waals surface area (Å²) >= 11 is 1.38. The molecule has 1 aromatic carbocycles. The predicted octanol–water partition coefficient (Wildman–Crippen LogP) is 4.66. The topological polar surface area (TPSA) is 85.0 Å². The molecule has 0 saturated heterocycles. The van der Waals surface area contributed by atoms with Crippen molar-refractivity contribution in [1.29, 1.82) is 5.26 Å². The lowest BCUT2D eigenvalue weighted by molar-refractivity contribution is -0.145. The molecular formula is C23H23N3O3S. The molecule has 1 saturated carbocycles. The van der Waals surface area contributed by atoms with E-state index in [0.717, 1.165) is 17.5 Å². The van der Waals surface area contributed by atoms with Crippen molar-refractivity contribution in [3.05, 3.63) is 51.9 Å². The van der Waals surface area contributed by atoms with Crippen LogP contribution in [0, 0.1) is 17.2 Å². The van der Waals surface area contributed by atoms with Crippen LogP contribution in [0.15, 0.2) is 40.5 Å². The van der Waals surface area contributed by atoms with Crippen LogP contribution in [-0.2, 0) is 22.7 Å². The van der Waals surface area contributed by atoms with E-state index >= 15 is 0 Å². The van der Waals surface area contributed by atoms with E-state index < -0.39 is 0 Å². The van der Waals surface area contributed by atoms with E-state index in [0.29, 0.717) is 28.4 Å². The summed E-state index contributed by atoms with van der Waals surface area (Å²) in [5.74, 6) is 0.645. The second-order valence-corrected chi connectivity index (χ2v) is 8.48. The van der Waals surface area contributed by atoms with Crippen molar-refractivity contribution in [2.75, 3.05) is 0 Å². The first-order valence-electron chi connectivity index (χ1n) is 10.3. The summed E-state index contributed by atoms with van der Waals surface area (Å²) in [5.41, 5.74) is 1.45. The van der Waals surface area contributed by atoms with E-state index in [-0.39, 0.29) is 24.7 Å². The Bertz CT molecular complexity index is 1140. The van der Waals surface area contributed by atoms with Gasteiger partial charge in [0.2, 0.25) is 0 Å². The third-order valence-corrected chi connectivity index (χ3v) is 6.55. The highest BCUT2D eigenvalue weighted by atomic mass is 32.1. The van der Waals surface area contributed by atoms with Crippen molar-refractivity contribution < 1.29 is 9.53 Å². The molecule has 2 heterocycles. The zero-order valence-electron chi connectivity index (χ0n) is 16.7. The van der Waals surface area contributed by atoms with Gasteiger partial charge in [0.25, 0.3) is 5.56 Å². The van der Waals surface area contributed by atoms with Crippen LogP contribution in [0.1, 0.15) is 44.3 Å². The lowest BCUT2D eigenvalue weighted by Gasteiger charge is -2.12. The number of thiophene rings is 1. The minimum Gasteiger partial charge on any atom is -0.458 e. The van der Waals surface area contributed by atoms with Crippen molar-refractivity contribution in [2.45, 2.75) is 51.7 Å². The van der Waals surface area contributed by atoms with E-state index in [1.807, 2.05) is 41.8 Å². The molecule has 0 N–H and O–H groups in total. The van der Waals surface area contributed by atoms with Crippen molar-refractivity contribution in [3.63, 3.8) is 0 Å². The van der Waals surface area contributed by atoms with Crippen LogP contribution in [-0.4, -0.2) is 15.5 Å². The van der Waals surface area contributed by atoms with Crippen molar-refractivity contribution in [2.24, 2.45) is 5.92 Å². The fourth-order valence-electron chi connectivity index (χ4n) is 4.08. The van der Waals surface area contributed by atoms with Crippen LogP contribution in [0.25, 0.3) is 21.3 Å². The van der Waals surface area contributed by atoms with Gasteiger partial charge in [-0.25, -0.2) is 4.98 Å². The van der Waals surface area contributed by atoms with E-state index in [1.165, 1.54) is 41.6 Å². The summed E-state index contributed by atoms with van der Waals surface area (Å²) < 4.78 is 6.72. The molecule has 30 heavy (non-hydrogen) atoms. The SMILES string of the molecule is N#CCn1c(COC(=O)CCC2CCCC2)nc2scc(-c3ccccc3)c2c1=O. The van der Waals surface area contributed by atoms with Gasteiger partial charge in [0.1, 0.15) is 18.0 Å². The summed E-state index contributed by atoms with van der Waals surface area (Å²) in [7, 11) is 0. The zero-order chi connectivity index (χ0) is 20.9. The fraction of sp³-hybridized carbons (Fsp3) is 0.391. The summed E-state index contributed by atoms with van der Waals surface area (Å²) in [6.07, 6.45) is 6.10. The average molecular weight is 422 g/mol. The fourth-order valence-corrected chi connectivity index (χ4v) is 5.04. The van der Waals surface area contributed by atoms with Crippen LogP contribution in [0.2, 0.25) is 0 Å². The van der Waals surface area contributed by atoms with Crippen molar-refractivity contribution in [3.8, 4) is 17.2 Å². The maximum Gasteiger partial charge on any atom is 0.306 e. The zero-order valence-corrected chi connectivity index (χ0v) is 17.5. The maximum atomic E-state index is 13.2. The van der Waals surface area contributed by atoms with E-state index in [9.17, 15) is 14.9 Å². The Morgan fingerprint density at radius 2 is 2.03 bits per heavy atom. The molecule has 1 aliphatic carbocycles. The van der Waals surface area contributed by atoms with Crippen LogP contribution in [0.4, 0.5) is 0 Å². The van der Waals surface area contributed by atoms with Gasteiger partial charge in [-0.3, -0.25) is 14.2 Å². The minimum absolute atomic E-state index is 0.102.